The van der Waals surface area contributed by atoms with E-state index < -0.39 is 0 Å². The van der Waals surface area contributed by atoms with Crippen LogP contribution in [0.15, 0.2) is 24.3 Å². The van der Waals surface area contributed by atoms with Crippen LogP contribution in [0.5, 0.6) is 0 Å². The molecule has 0 amide bonds. The molecule has 3 N–H and O–H groups in total. The molecule has 5 heteroatoms. The minimum absolute atomic E-state index is 0.389. The van der Waals surface area contributed by atoms with E-state index in [4.69, 9.17) is 5.73 Å². The number of nitrogens with zero attached hydrogens (tertiary/aromatic N) is 3. The molecule has 1 fully saturated rings. The van der Waals surface area contributed by atoms with Crippen molar-refractivity contribution in [2.24, 2.45) is 0 Å². The van der Waals surface area contributed by atoms with Crippen molar-refractivity contribution in [2.45, 2.75) is 25.8 Å². The van der Waals surface area contributed by atoms with E-state index >= 15 is 0 Å². The van der Waals surface area contributed by atoms with E-state index in [1.807, 2.05) is 31.2 Å². The Morgan fingerprint density at radius 1 is 1.42 bits per heavy atom. The first-order chi connectivity index (χ1) is 9.20. The Morgan fingerprint density at radius 3 is 2.79 bits per heavy atom. The van der Waals surface area contributed by atoms with Crippen LogP contribution in [0.2, 0.25) is 0 Å². The first-order valence-electron chi connectivity index (χ1n) is 6.32. The van der Waals surface area contributed by atoms with Gasteiger partial charge in [0.25, 0.3) is 0 Å². The van der Waals surface area contributed by atoms with Crippen molar-refractivity contribution in [2.75, 3.05) is 11.1 Å². The fourth-order valence-electron chi connectivity index (χ4n) is 2.05. The Kier molecular flexibility index (Phi) is 2.64. The number of nitrogens with one attached hydrogen (secondary N) is 1. The molecule has 0 aliphatic heterocycles. The normalized spacial score (nSPS) is 14.1. The van der Waals surface area contributed by atoms with Gasteiger partial charge >= 0.3 is 0 Å². The van der Waals surface area contributed by atoms with E-state index in [1.54, 1.807) is 4.68 Å². The lowest BCUT2D eigenvalue weighted by molar-refractivity contribution is 0.880. The molecule has 0 atom stereocenters. The van der Waals surface area contributed by atoms with Crippen molar-refractivity contribution >= 4 is 11.6 Å². The van der Waals surface area contributed by atoms with Gasteiger partial charge in [-0.2, -0.15) is 5.26 Å². The van der Waals surface area contributed by atoms with Gasteiger partial charge in [-0.25, -0.2) is 4.68 Å². The van der Waals surface area contributed by atoms with Crippen molar-refractivity contribution in [1.29, 1.82) is 5.26 Å². The lowest BCUT2D eigenvalue weighted by Gasteiger charge is -2.06. The monoisotopic (exact) mass is 253 g/mol. The largest absolute Gasteiger partial charge is 0.382 e. The third-order valence-electron chi connectivity index (χ3n) is 3.29. The number of aromatic nitrogens is 2. The first-order valence-corrected chi connectivity index (χ1v) is 6.32. The first kappa shape index (κ1) is 11.6. The van der Waals surface area contributed by atoms with Gasteiger partial charge in [-0.05, 0) is 31.4 Å². The van der Waals surface area contributed by atoms with Gasteiger partial charge in [0.05, 0.1) is 5.69 Å². The van der Waals surface area contributed by atoms with Crippen molar-refractivity contribution in [3.05, 3.63) is 35.4 Å². The zero-order valence-corrected chi connectivity index (χ0v) is 10.7. The van der Waals surface area contributed by atoms with Crippen molar-refractivity contribution in [1.82, 2.24) is 9.78 Å². The van der Waals surface area contributed by atoms with Crippen LogP contribution in [0.25, 0.3) is 5.69 Å². The third-order valence-corrected chi connectivity index (χ3v) is 3.29. The highest BCUT2D eigenvalue weighted by atomic mass is 15.4. The number of nitrogens with two attached hydrogens (primary N) is 1. The number of rotatable bonds is 3. The van der Waals surface area contributed by atoms with Crippen LogP contribution in [0.4, 0.5) is 11.6 Å². The Morgan fingerprint density at radius 2 is 2.16 bits per heavy atom. The van der Waals surface area contributed by atoms with Gasteiger partial charge < -0.3 is 11.1 Å². The molecule has 1 aromatic heterocycles. The van der Waals surface area contributed by atoms with Crippen LogP contribution in [-0.4, -0.2) is 15.8 Å². The molecule has 1 aliphatic rings. The number of benzene rings is 1. The highest BCUT2D eigenvalue weighted by Gasteiger charge is 2.25. The average Bonchev–Trinajstić information content (AvgIpc) is 3.15. The summed E-state index contributed by atoms with van der Waals surface area (Å²) in [4.78, 5) is 0. The van der Waals surface area contributed by atoms with Gasteiger partial charge in [-0.15, -0.1) is 5.10 Å². The smallest absolute Gasteiger partial charge is 0.168 e. The SMILES string of the molecule is Cc1ccccc1-n1nc(NC2CC2)c(C#N)c1N. The Hall–Kier alpha value is -2.48. The zero-order chi connectivity index (χ0) is 13.4. The molecule has 3 rings (SSSR count). The fraction of sp³-hybridized carbons (Fsp3) is 0.286. The van der Waals surface area contributed by atoms with Crippen LogP contribution in [0.1, 0.15) is 24.0 Å². The highest BCUT2D eigenvalue weighted by Crippen LogP contribution is 2.30. The molecule has 1 aliphatic carbocycles. The molecule has 1 aromatic carbocycles. The van der Waals surface area contributed by atoms with Gasteiger partial charge in [-0.1, -0.05) is 18.2 Å². The molecule has 2 aromatic rings. The second kappa shape index (κ2) is 4.32. The van der Waals surface area contributed by atoms with E-state index in [-0.39, 0.29) is 0 Å². The van der Waals surface area contributed by atoms with Crippen LogP contribution in [0.3, 0.4) is 0 Å². The predicted octanol–water partition coefficient (Wildman–Crippen LogP) is 2.21. The predicted molar refractivity (Wildman–Crippen MR) is 74.1 cm³/mol. The Balaban J connectivity index is 2.09. The summed E-state index contributed by atoms with van der Waals surface area (Å²) in [6.45, 7) is 2.00. The summed E-state index contributed by atoms with van der Waals surface area (Å²) in [5.41, 5.74) is 8.45. The molecule has 0 bridgehead atoms. The Labute approximate surface area is 111 Å². The molecular weight excluding hydrogens is 238 g/mol. The van der Waals surface area contributed by atoms with Gasteiger partial charge in [0.15, 0.2) is 5.82 Å². The summed E-state index contributed by atoms with van der Waals surface area (Å²) >= 11 is 0. The maximum absolute atomic E-state index is 9.24. The molecule has 0 spiro atoms. The summed E-state index contributed by atoms with van der Waals surface area (Å²) in [7, 11) is 0. The van der Waals surface area contributed by atoms with Gasteiger partial charge in [0, 0.05) is 6.04 Å². The second-order valence-electron chi connectivity index (χ2n) is 4.84. The molecule has 96 valence electrons. The van der Waals surface area contributed by atoms with Crippen LogP contribution >= 0.6 is 0 Å². The standard InChI is InChI=1S/C14H15N5/c1-9-4-2-3-5-12(9)19-13(16)11(8-15)14(18-19)17-10-6-7-10/h2-5,10H,6-7,16H2,1H3,(H,17,18). The van der Waals surface area contributed by atoms with Crippen LogP contribution in [-0.2, 0) is 0 Å². The average molecular weight is 253 g/mol. The van der Waals surface area contributed by atoms with Gasteiger partial charge in [0.1, 0.15) is 17.5 Å². The minimum atomic E-state index is 0.389. The molecule has 0 unspecified atom stereocenters. The molecule has 1 heterocycles. The highest BCUT2D eigenvalue weighted by molar-refractivity contribution is 5.67. The van der Waals surface area contributed by atoms with Crippen molar-refractivity contribution in [3.8, 4) is 11.8 Å². The topological polar surface area (TPSA) is 79.7 Å². The lowest BCUT2D eigenvalue weighted by atomic mass is 10.2. The summed E-state index contributed by atoms with van der Waals surface area (Å²) in [6.07, 6.45) is 2.25. The molecule has 5 nitrogen and oxygen atoms in total. The third kappa shape index (κ3) is 2.02. The van der Waals surface area contributed by atoms with Crippen molar-refractivity contribution < 1.29 is 0 Å². The number of nitriles is 1. The van der Waals surface area contributed by atoms with Crippen LogP contribution < -0.4 is 11.1 Å². The molecule has 19 heavy (non-hydrogen) atoms. The summed E-state index contributed by atoms with van der Waals surface area (Å²) in [5, 5.41) is 16.9. The van der Waals surface area contributed by atoms with E-state index in [0.29, 0.717) is 23.2 Å². The Bertz CT molecular complexity index is 661. The van der Waals surface area contributed by atoms with E-state index in [1.165, 1.54) is 0 Å². The van der Waals surface area contributed by atoms with Crippen LogP contribution in [0, 0.1) is 18.3 Å². The van der Waals surface area contributed by atoms with Gasteiger partial charge in [-0.3, -0.25) is 0 Å². The number of para-hydroxylation sites is 1. The summed E-state index contributed by atoms with van der Waals surface area (Å²) in [5.74, 6) is 0.978. The molecule has 0 radical (unpaired) electrons. The minimum Gasteiger partial charge on any atom is -0.382 e. The molecular formula is C14H15N5. The summed E-state index contributed by atoms with van der Waals surface area (Å²) in [6, 6.07) is 10.4. The van der Waals surface area contributed by atoms with E-state index in [0.717, 1.165) is 24.1 Å². The maximum Gasteiger partial charge on any atom is 0.168 e. The fourth-order valence-corrected chi connectivity index (χ4v) is 2.05. The molecule has 1 saturated carbocycles. The number of nitrogen functional groups attached to an aromatic ring is 1. The van der Waals surface area contributed by atoms with Crippen molar-refractivity contribution in [3.63, 3.8) is 0 Å². The van der Waals surface area contributed by atoms with E-state index in [9.17, 15) is 5.26 Å². The van der Waals surface area contributed by atoms with Gasteiger partial charge in [0.2, 0.25) is 0 Å². The summed E-state index contributed by atoms with van der Waals surface area (Å²) < 4.78 is 1.64. The second-order valence-corrected chi connectivity index (χ2v) is 4.84. The molecule has 0 saturated heterocycles. The zero-order valence-electron chi connectivity index (χ0n) is 10.7. The maximum atomic E-state index is 9.24. The number of anilines is 2. The number of hydrogen-bond donors (Lipinski definition) is 2. The van der Waals surface area contributed by atoms with E-state index in [2.05, 4.69) is 16.5 Å². The number of aryl methyl sites for hydroxylation is 1. The quantitative estimate of drug-likeness (QED) is 0.878. The number of hydrogen-bond acceptors (Lipinski definition) is 4. The lowest BCUT2D eigenvalue weighted by Crippen LogP contribution is -2.05.